The fourth-order valence-electron chi connectivity index (χ4n) is 3.45. The van der Waals surface area contributed by atoms with Gasteiger partial charge in [0.2, 0.25) is 0 Å². The minimum atomic E-state index is -1.16. The van der Waals surface area contributed by atoms with Crippen LogP contribution in [0.5, 0.6) is 5.75 Å². The van der Waals surface area contributed by atoms with Gasteiger partial charge in [-0.2, -0.15) is 0 Å². The van der Waals surface area contributed by atoms with Gasteiger partial charge in [-0.3, -0.25) is 9.59 Å². The van der Waals surface area contributed by atoms with E-state index >= 15 is 0 Å². The number of hydrogen-bond acceptors (Lipinski definition) is 3. The molecule has 1 saturated carbocycles. The van der Waals surface area contributed by atoms with Crippen LogP contribution >= 0.6 is 0 Å². The fraction of sp³-hybridized carbons (Fsp3) is 0.273. The van der Waals surface area contributed by atoms with Crippen LogP contribution in [-0.2, 0) is 4.79 Å². The Labute approximate surface area is 148 Å². The molecule has 3 heteroatoms. The molecule has 0 aliphatic heterocycles. The van der Waals surface area contributed by atoms with Gasteiger partial charge in [0.05, 0.1) is 0 Å². The van der Waals surface area contributed by atoms with Crippen molar-refractivity contribution < 1.29 is 14.3 Å². The second-order valence-corrected chi connectivity index (χ2v) is 6.44. The van der Waals surface area contributed by atoms with Crippen molar-refractivity contribution in [2.45, 2.75) is 25.7 Å². The van der Waals surface area contributed by atoms with Crippen LogP contribution in [0.3, 0.4) is 0 Å². The first-order valence-corrected chi connectivity index (χ1v) is 8.64. The monoisotopic (exact) mass is 334 g/mol. The van der Waals surface area contributed by atoms with Crippen molar-refractivity contribution in [1.29, 1.82) is 0 Å². The number of rotatable bonds is 6. The summed E-state index contributed by atoms with van der Waals surface area (Å²) in [6, 6.07) is 18.4. The number of carbonyl (C=O) groups is 2. The van der Waals surface area contributed by atoms with E-state index in [2.05, 4.69) is 6.58 Å². The van der Waals surface area contributed by atoms with E-state index < -0.39 is 5.41 Å². The molecule has 1 fully saturated rings. The van der Waals surface area contributed by atoms with Crippen molar-refractivity contribution in [3.63, 3.8) is 0 Å². The highest BCUT2D eigenvalue weighted by atomic mass is 16.5. The summed E-state index contributed by atoms with van der Waals surface area (Å²) in [4.78, 5) is 26.1. The summed E-state index contributed by atoms with van der Waals surface area (Å²) in [5.41, 5.74) is -0.0532. The predicted molar refractivity (Wildman–Crippen MR) is 97.8 cm³/mol. The maximum atomic E-state index is 13.2. The maximum absolute atomic E-state index is 13.2. The van der Waals surface area contributed by atoms with Crippen LogP contribution in [0.25, 0.3) is 0 Å². The molecular weight excluding hydrogens is 312 g/mol. The highest BCUT2D eigenvalue weighted by Crippen LogP contribution is 2.42. The van der Waals surface area contributed by atoms with Gasteiger partial charge in [-0.1, -0.05) is 61.5 Å². The fourth-order valence-corrected chi connectivity index (χ4v) is 3.45. The van der Waals surface area contributed by atoms with Crippen LogP contribution in [0.15, 0.2) is 72.8 Å². The van der Waals surface area contributed by atoms with Gasteiger partial charge in [-0.05, 0) is 30.5 Å². The topological polar surface area (TPSA) is 43.4 Å². The molecule has 1 atom stereocenters. The van der Waals surface area contributed by atoms with Crippen LogP contribution in [0.2, 0.25) is 0 Å². The van der Waals surface area contributed by atoms with Crippen molar-refractivity contribution in [3.05, 3.63) is 78.4 Å². The number of Topliss-reactive ketones (excluding diaryl/α,β-unsaturated/α-hetero) is 2. The van der Waals surface area contributed by atoms with Gasteiger partial charge in [0.1, 0.15) is 17.8 Å². The van der Waals surface area contributed by atoms with Crippen LogP contribution in [0.1, 0.15) is 36.0 Å². The number of ketones is 2. The van der Waals surface area contributed by atoms with Crippen molar-refractivity contribution >= 4 is 11.6 Å². The molecule has 3 rings (SSSR count). The minimum Gasteiger partial charge on any atom is -0.489 e. The third kappa shape index (κ3) is 3.41. The molecule has 0 spiro atoms. The Bertz CT molecular complexity index is 764. The molecule has 128 valence electrons. The highest BCUT2D eigenvalue weighted by molar-refractivity contribution is 6.17. The Morgan fingerprint density at radius 3 is 2.28 bits per heavy atom. The average Bonchev–Trinajstić information content (AvgIpc) is 2.67. The molecule has 1 aliphatic carbocycles. The third-order valence-electron chi connectivity index (χ3n) is 4.87. The molecule has 1 aliphatic rings. The van der Waals surface area contributed by atoms with Gasteiger partial charge in [0.15, 0.2) is 11.6 Å². The number of carbonyl (C=O) groups excluding carboxylic acids is 2. The second-order valence-electron chi connectivity index (χ2n) is 6.44. The van der Waals surface area contributed by atoms with Gasteiger partial charge < -0.3 is 4.74 Å². The van der Waals surface area contributed by atoms with E-state index in [-0.39, 0.29) is 18.2 Å². The molecule has 0 saturated heterocycles. The van der Waals surface area contributed by atoms with Gasteiger partial charge in [0.25, 0.3) is 0 Å². The van der Waals surface area contributed by atoms with E-state index in [1.165, 1.54) is 0 Å². The Morgan fingerprint density at radius 1 is 1.00 bits per heavy atom. The number of hydrogen-bond donors (Lipinski definition) is 0. The van der Waals surface area contributed by atoms with Gasteiger partial charge in [-0.15, -0.1) is 0 Å². The number of para-hydroxylation sites is 1. The Kier molecular flexibility index (Phi) is 5.13. The predicted octanol–water partition coefficient (Wildman–Crippen LogP) is 4.63. The molecule has 2 aromatic rings. The van der Waals surface area contributed by atoms with Crippen molar-refractivity contribution in [2.75, 3.05) is 6.61 Å². The first-order chi connectivity index (χ1) is 12.1. The summed E-state index contributed by atoms with van der Waals surface area (Å²) in [5, 5.41) is 0. The third-order valence-corrected chi connectivity index (χ3v) is 4.87. The van der Waals surface area contributed by atoms with E-state index in [9.17, 15) is 9.59 Å². The first kappa shape index (κ1) is 17.2. The van der Waals surface area contributed by atoms with Crippen molar-refractivity contribution in [1.82, 2.24) is 0 Å². The maximum Gasteiger partial charge on any atom is 0.180 e. The van der Waals surface area contributed by atoms with E-state index in [1.54, 1.807) is 12.1 Å². The summed E-state index contributed by atoms with van der Waals surface area (Å²) < 4.78 is 5.78. The molecular formula is C22H22O3. The molecule has 0 heterocycles. The van der Waals surface area contributed by atoms with Crippen LogP contribution in [-0.4, -0.2) is 18.2 Å². The standard InChI is InChI=1S/C22H22O3/c1-17(16-25-19-12-6-3-7-13-19)22(15-9-8-14-20(22)23)21(24)18-10-4-2-5-11-18/h2-7,10-13H,1,8-9,14-16H2. The zero-order valence-corrected chi connectivity index (χ0v) is 14.2. The summed E-state index contributed by atoms with van der Waals surface area (Å²) in [7, 11) is 0. The quantitative estimate of drug-likeness (QED) is 0.439. The van der Waals surface area contributed by atoms with Gasteiger partial charge in [0, 0.05) is 12.0 Å². The average molecular weight is 334 g/mol. The molecule has 25 heavy (non-hydrogen) atoms. The van der Waals surface area contributed by atoms with Gasteiger partial charge >= 0.3 is 0 Å². The molecule has 0 radical (unpaired) electrons. The van der Waals surface area contributed by atoms with E-state index in [4.69, 9.17) is 4.74 Å². The zero-order chi connectivity index (χ0) is 17.7. The number of ether oxygens (including phenoxy) is 1. The van der Waals surface area contributed by atoms with Crippen molar-refractivity contribution in [2.24, 2.45) is 5.41 Å². The molecule has 1 unspecified atom stereocenters. The van der Waals surface area contributed by atoms with Crippen LogP contribution in [0, 0.1) is 5.41 Å². The molecule has 0 amide bonds. The van der Waals surface area contributed by atoms with Crippen LogP contribution in [0.4, 0.5) is 0 Å². The van der Waals surface area contributed by atoms with Crippen LogP contribution < -0.4 is 4.74 Å². The Hall–Kier alpha value is -2.68. The lowest BCUT2D eigenvalue weighted by molar-refractivity contribution is -0.126. The molecule has 2 aromatic carbocycles. The summed E-state index contributed by atoms with van der Waals surface area (Å²) in [6.45, 7) is 4.26. The Morgan fingerprint density at radius 2 is 1.64 bits per heavy atom. The SMILES string of the molecule is C=C(COc1ccccc1)C1(C(=O)c2ccccc2)CCCCC1=O. The lowest BCUT2D eigenvalue weighted by Crippen LogP contribution is -2.44. The summed E-state index contributed by atoms with van der Waals surface area (Å²) >= 11 is 0. The molecule has 3 nitrogen and oxygen atoms in total. The van der Waals surface area contributed by atoms with E-state index in [0.717, 1.165) is 12.8 Å². The Balaban J connectivity index is 1.87. The normalized spacial score (nSPS) is 20.1. The first-order valence-electron chi connectivity index (χ1n) is 8.64. The zero-order valence-electron chi connectivity index (χ0n) is 14.2. The van der Waals surface area contributed by atoms with Crippen molar-refractivity contribution in [3.8, 4) is 5.75 Å². The summed E-state index contributed by atoms with van der Waals surface area (Å²) in [6.07, 6.45) is 2.60. The minimum absolute atomic E-state index is 0.0331. The number of benzene rings is 2. The second kappa shape index (κ2) is 7.47. The summed E-state index contributed by atoms with van der Waals surface area (Å²) in [5.74, 6) is 0.517. The van der Waals surface area contributed by atoms with E-state index in [0.29, 0.717) is 29.7 Å². The van der Waals surface area contributed by atoms with E-state index in [1.807, 2.05) is 48.5 Å². The lowest BCUT2D eigenvalue weighted by atomic mass is 9.64. The molecule has 0 aromatic heterocycles. The largest absolute Gasteiger partial charge is 0.489 e. The smallest absolute Gasteiger partial charge is 0.180 e. The molecule has 0 bridgehead atoms. The lowest BCUT2D eigenvalue weighted by Gasteiger charge is -2.36. The van der Waals surface area contributed by atoms with Gasteiger partial charge in [-0.25, -0.2) is 0 Å². The highest BCUT2D eigenvalue weighted by Gasteiger charge is 2.48. The molecule has 0 N–H and O–H groups in total.